The molecule has 0 bridgehead atoms. The van der Waals surface area contributed by atoms with Crippen molar-refractivity contribution in [1.82, 2.24) is 5.32 Å². The predicted molar refractivity (Wildman–Crippen MR) is 86.7 cm³/mol. The molecule has 7 heteroatoms. The number of rotatable bonds is 5. The summed E-state index contributed by atoms with van der Waals surface area (Å²) < 4.78 is 5.12. The van der Waals surface area contributed by atoms with Crippen molar-refractivity contribution in [3.05, 3.63) is 63.7 Å². The first kappa shape index (κ1) is 16.3. The van der Waals surface area contributed by atoms with E-state index in [0.717, 1.165) is 11.1 Å². The Morgan fingerprint density at radius 1 is 1.26 bits per heavy atom. The summed E-state index contributed by atoms with van der Waals surface area (Å²) in [5, 5.41) is 16.1. The number of hydrogen-bond acceptors (Lipinski definition) is 4. The van der Waals surface area contributed by atoms with E-state index in [1.165, 1.54) is 12.1 Å². The van der Waals surface area contributed by atoms with Crippen LogP contribution in [0.5, 0.6) is 5.75 Å². The van der Waals surface area contributed by atoms with E-state index >= 15 is 0 Å². The number of urea groups is 1. The second-order valence-corrected chi connectivity index (χ2v) is 4.92. The summed E-state index contributed by atoms with van der Waals surface area (Å²) in [6, 6.07) is 11.2. The number of ether oxygens (including phenoxy) is 1. The number of amides is 2. The molecule has 120 valence electrons. The SMILES string of the molecule is COc1cccc(CNC(=O)Nc2cc([N+](=O)[O-])ccc2C)c1. The van der Waals surface area contributed by atoms with Crippen molar-refractivity contribution in [1.29, 1.82) is 0 Å². The third-order valence-electron chi connectivity index (χ3n) is 3.27. The van der Waals surface area contributed by atoms with Crippen molar-refractivity contribution in [2.24, 2.45) is 0 Å². The van der Waals surface area contributed by atoms with Crippen LogP contribution < -0.4 is 15.4 Å². The third kappa shape index (κ3) is 4.44. The van der Waals surface area contributed by atoms with Crippen molar-refractivity contribution in [3.63, 3.8) is 0 Å². The molecule has 0 heterocycles. The fraction of sp³-hybridized carbons (Fsp3) is 0.188. The zero-order chi connectivity index (χ0) is 16.8. The molecule has 23 heavy (non-hydrogen) atoms. The number of nitrogens with zero attached hydrogens (tertiary/aromatic N) is 1. The van der Waals surface area contributed by atoms with E-state index in [2.05, 4.69) is 10.6 Å². The van der Waals surface area contributed by atoms with E-state index < -0.39 is 11.0 Å². The molecular formula is C16H17N3O4. The van der Waals surface area contributed by atoms with Gasteiger partial charge in [-0.2, -0.15) is 0 Å². The highest BCUT2D eigenvalue weighted by Crippen LogP contribution is 2.21. The topological polar surface area (TPSA) is 93.5 Å². The van der Waals surface area contributed by atoms with Crippen LogP contribution in [0, 0.1) is 17.0 Å². The Bertz CT molecular complexity index is 731. The number of nitrogens with one attached hydrogen (secondary N) is 2. The minimum Gasteiger partial charge on any atom is -0.497 e. The van der Waals surface area contributed by atoms with Gasteiger partial charge in [0.1, 0.15) is 5.75 Å². The van der Waals surface area contributed by atoms with Crippen molar-refractivity contribution in [2.45, 2.75) is 13.5 Å². The molecule has 2 aromatic carbocycles. The minimum atomic E-state index is -0.501. The van der Waals surface area contributed by atoms with Gasteiger partial charge in [0.05, 0.1) is 17.7 Å². The molecule has 0 aliphatic heterocycles. The van der Waals surface area contributed by atoms with Crippen molar-refractivity contribution < 1.29 is 14.5 Å². The molecule has 0 aliphatic rings. The molecule has 0 saturated heterocycles. The van der Waals surface area contributed by atoms with Gasteiger partial charge in [0.2, 0.25) is 0 Å². The number of methoxy groups -OCH3 is 1. The van der Waals surface area contributed by atoms with Gasteiger partial charge in [-0.15, -0.1) is 0 Å². The minimum absolute atomic E-state index is 0.0707. The Balaban J connectivity index is 1.99. The Kier molecular flexibility index (Phi) is 5.14. The van der Waals surface area contributed by atoms with Gasteiger partial charge >= 0.3 is 6.03 Å². The van der Waals surface area contributed by atoms with Crippen LogP contribution in [-0.4, -0.2) is 18.1 Å². The van der Waals surface area contributed by atoms with Gasteiger partial charge in [0.15, 0.2) is 0 Å². The number of hydrogen-bond donors (Lipinski definition) is 2. The molecule has 0 saturated carbocycles. The Labute approximate surface area is 133 Å². The van der Waals surface area contributed by atoms with Crippen LogP contribution in [-0.2, 0) is 6.54 Å². The Morgan fingerprint density at radius 2 is 2.04 bits per heavy atom. The lowest BCUT2D eigenvalue weighted by atomic mass is 10.2. The molecule has 2 aromatic rings. The Hall–Kier alpha value is -3.09. The summed E-state index contributed by atoms with van der Waals surface area (Å²) >= 11 is 0. The van der Waals surface area contributed by atoms with E-state index in [-0.39, 0.29) is 5.69 Å². The van der Waals surface area contributed by atoms with Crippen LogP contribution in [0.25, 0.3) is 0 Å². The van der Waals surface area contributed by atoms with Crippen LogP contribution >= 0.6 is 0 Å². The molecule has 2 N–H and O–H groups in total. The third-order valence-corrected chi connectivity index (χ3v) is 3.27. The normalized spacial score (nSPS) is 10.0. The molecule has 2 amide bonds. The number of carbonyl (C=O) groups is 1. The Morgan fingerprint density at radius 3 is 2.74 bits per heavy atom. The average Bonchev–Trinajstić information content (AvgIpc) is 2.55. The average molecular weight is 315 g/mol. The maximum absolute atomic E-state index is 12.0. The molecule has 0 radical (unpaired) electrons. The molecule has 0 aliphatic carbocycles. The smallest absolute Gasteiger partial charge is 0.319 e. The number of non-ortho nitro benzene ring substituents is 1. The molecular weight excluding hydrogens is 298 g/mol. The van der Waals surface area contributed by atoms with Gasteiger partial charge in [0.25, 0.3) is 5.69 Å². The number of nitro benzene ring substituents is 1. The summed E-state index contributed by atoms with van der Waals surface area (Å²) in [5.41, 5.74) is 1.96. The van der Waals surface area contributed by atoms with Gasteiger partial charge in [-0.1, -0.05) is 18.2 Å². The van der Waals surface area contributed by atoms with E-state index in [0.29, 0.717) is 18.0 Å². The number of carbonyl (C=O) groups excluding carboxylic acids is 1. The molecule has 0 unspecified atom stereocenters. The lowest BCUT2D eigenvalue weighted by Gasteiger charge is -2.10. The summed E-state index contributed by atoms with van der Waals surface area (Å²) in [6.07, 6.45) is 0. The molecule has 2 rings (SSSR count). The summed E-state index contributed by atoms with van der Waals surface area (Å²) in [4.78, 5) is 22.2. The predicted octanol–water partition coefficient (Wildman–Crippen LogP) is 3.23. The zero-order valence-electron chi connectivity index (χ0n) is 12.8. The van der Waals surface area contributed by atoms with Crippen LogP contribution in [0.2, 0.25) is 0 Å². The van der Waals surface area contributed by atoms with Gasteiger partial charge in [-0.05, 0) is 30.2 Å². The largest absolute Gasteiger partial charge is 0.497 e. The molecule has 0 spiro atoms. The fourth-order valence-electron chi connectivity index (χ4n) is 1.99. The highest BCUT2D eigenvalue weighted by atomic mass is 16.6. The fourth-order valence-corrected chi connectivity index (χ4v) is 1.99. The van der Waals surface area contributed by atoms with Crippen LogP contribution in [0.3, 0.4) is 0 Å². The first-order chi connectivity index (χ1) is 11.0. The highest BCUT2D eigenvalue weighted by Gasteiger charge is 2.11. The van der Waals surface area contributed by atoms with Gasteiger partial charge < -0.3 is 15.4 Å². The van der Waals surface area contributed by atoms with Gasteiger partial charge in [-0.3, -0.25) is 10.1 Å². The van der Waals surface area contributed by atoms with E-state index in [1.54, 1.807) is 20.1 Å². The summed E-state index contributed by atoms with van der Waals surface area (Å²) in [5.74, 6) is 0.708. The number of benzene rings is 2. The van der Waals surface area contributed by atoms with E-state index in [9.17, 15) is 14.9 Å². The molecule has 0 fully saturated rings. The highest BCUT2D eigenvalue weighted by molar-refractivity contribution is 5.90. The first-order valence-electron chi connectivity index (χ1n) is 6.92. The molecule has 0 aromatic heterocycles. The van der Waals surface area contributed by atoms with Crippen molar-refractivity contribution in [3.8, 4) is 5.75 Å². The van der Waals surface area contributed by atoms with Gasteiger partial charge in [-0.25, -0.2) is 4.79 Å². The standard InChI is InChI=1S/C16H17N3O4/c1-11-6-7-13(19(21)22)9-15(11)18-16(20)17-10-12-4-3-5-14(8-12)23-2/h3-9H,10H2,1-2H3,(H2,17,18,20). The summed E-state index contributed by atoms with van der Waals surface area (Å²) in [6.45, 7) is 2.08. The number of anilines is 1. The van der Waals surface area contributed by atoms with E-state index in [4.69, 9.17) is 4.74 Å². The molecule has 7 nitrogen and oxygen atoms in total. The van der Waals surface area contributed by atoms with Crippen molar-refractivity contribution in [2.75, 3.05) is 12.4 Å². The van der Waals surface area contributed by atoms with Gasteiger partial charge in [0, 0.05) is 18.7 Å². The van der Waals surface area contributed by atoms with Crippen LogP contribution in [0.1, 0.15) is 11.1 Å². The monoisotopic (exact) mass is 315 g/mol. The van der Waals surface area contributed by atoms with Crippen LogP contribution in [0.15, 0.2) is 42.5 Å². The maximum atomic E-state index is 12.0. The quantitative estimate of drug-likeness (QED) is 0.654. The maximum Gasteiger partial charge on any atom is 0.319 e. The number of aryl methyl sites for hydroxylation is 1. The number of nitro groups is 1. The first-order valence-corrected chi connectivity index (χ1v) is 6.92. The van der Waals surface area contributed by atoms with E-state index in [1.807, 2.05) is 24.3 Å². The lowest BCUT2D eigenvalue weighted by molar-refractivity contribution is -0.384. The molecule has 0 atom stereocenters. The second kappa shape index (κ2) is 7.26. The lowest BCUT2D eigenvalue weighted by Crippen LogP contribution is -2.28. The van der Waals surface area contributed by atoms with Crippen LogP contribution in [0.4, 0.5) is 16.2 Å². The zero-order valence-corrected chi connectivity index (χ0v) is 12.8. The summed E-state index contributed by atoms with van der Waals surface area (Å²) in [7, 11) is 1.57. The van der Waals surface area contributed by atoms with Crippen molar-refractivity contribution >= 4 is 17.4 Å². The second-order valence-electron chi connectivity index (χ2n) is 4.92.